The van der Waals surface area contributed by atoms with Crippen LogP contribution in [0.3, 0.4) is 0 Å². The Balaban J connectivity index is 1.23. The Labute approximate surface area is 264 Å². The van der Waals surface area contributed by atoms with E-state index in [-0.39, 0.29) is 17.5 Å². The molecule has 2 fully saturated rings. The van der Waals surface area contributed by atoms with Gasteiger partial charge in [-0.15, -0.1) is 0 Å². The van der Waals surface area contributed by atoms with Crippen LogP contribution in [-0.2, 0) is 9.59 Å². The molecule has 4 N–H and O–H groups in total. The number of nitrogens with zero attached hydrogens (tertiary/aromatic N) is 2. The maximum atomic E-state index is 13.9. The second-order valence-electron chi connectivity index (χ2n) is 12.5. The number of carbonyl (C=O) groups is 3. The quantitative estimate of drug-likeness (QED) is 0.161. The molecular formula is C36H35N5O5. The molecule has 234 valence electrons. The van der Waals surface area contributed by atoms with Gasteiger partial charge in [0.1, 0.15) is 11.1 Å². The van der Waals surface area contributed by atoms with Crippen LogP contribution in [0.25, 0.3) is 33.5 Å². The summed E-state index contributed by atoms with van der Waals surface area (Å²) in [5, 5.41) is 15.8. The minimum atomic E-state index is -1.08. The number of pyridine rings is 1. The molecule has 2 aliphatic carbocycles. The summed E-state index contributed by atoms with van der Waals surface area (Å²) in [4.78, 5) is 59.5. The van der Waals surface area contributed by atoms with Gasteiger partial charge in [0.05, 0.1) is 16.6 Å². The van der Waals surface area contributed by atoms with Crippen molar-refractivity contribution in [3.05, 3.63) is 94.0 Å². The van der Waals surface area contributed by atoms with Crippen LogP contribution in [-0.4, -0.2) is 42.8 Å². The van der Waals surface area contributed by atoms with E-state index in [4.69, 9.17) is 5.11 Å². The maximum absolute atomic E-state index is 13.9. The number of aromatic nitrogens is 3. The first-order valence-electron chi connectivity index (χ1n) is 15.9. The summed E-state index contributed by atoms with van der Waals surface area (Å²) >= 11 is 0. The first-order valence-corrected chi connectivity index (χ1v) is 15.9. The first-order chi connectivity index (χ1) is 22.3. The highest BCUT2D eigenvalue weighted by Crippen LogP contribution is 2.41. The number of rotatable bonds is 7. The van der Waals surface area contributed by atoms with Gasteiger partial charge in [-0.3, -0.25) is 19.0 Å². The Kier molecular flexibility index (Phi) is 7.64. The van der Waals surface area contributed by atoms with Gasteiger partial charge in [-0.25, -0.2) is 9.59 Å². The lowest BCUT2D eigenvalue weighted by molar-refractivity contribution is -0.131. The van der Waals surface area contributed by atoms with E-state index in [1.807, 2.05) is 18.2 Å². The number of carbonyl (C=O) groups excluding carboxylic acids is 2. The number of carboxylic acid groups (broad SMARTS) is 1. The average molecular weight is 618 g/mol. The minimum absolute atomic E-state index is 0.281. The number of hydrogen-bond acceptors (Lipinski definition) is 5. The number of hydrogen-bond donors (Lipinski definition) is 4. The molecule has 3 aromatic heterocycles. The van der Waals surface area contributed by atoms with Crippen molar-refractivity contribution in [2.45, 2.75) is 69.2 Å². The van der Waals surface area contributed by atoms with Gasteiger partial charge in [0, 0.05) is 28.9 Å². The number of nitrogens with one attached hydrogen (secondary N) is 3. The van der Waals surface area contributed by atoms with Gasteiger partial charge < -0.3 is 20.7 Å². The van der Waals surface area contributed by atoms with E-state index < -0.39 is 11.5 Å². The molecule has 2 aliphatic rings. The van der Waals surface area contributed by atoms with Crippen molar-refractivity contribution in [2.75, 3.05) is 5.32 Å². The fourth-order valence-corrected chi connectivity index (χ4v) is 7.34. The number of anilines is 1. The summed E-state index contributed by atoms with van der Waals surface area (Å²) in [5.74, 6) is -1.42. The van der Waals surface area contributed by atoms with Gasteiger partial charge in [-0.2, -0.15) is 0 Å². The molecule has 2 aromatic carbocycles. The van der Waals surface area contributed by atoms with E-state index in [0.29, 0.717) is 46.6 Å². The summed E-state index contributed by atoms with van der Waals surface area (Å²) in [7, 11) is 0. The number of carboxylic acids is 1. The first kappa shape index (κ1) is 29.5. The van der Waals surface area contributed by atoms with E-state index in [2.05, 4.69) is 20.6 Å². The van der Waals surface area contributed by atoms with E-state index >= 15 is 0 Å². The van der Waals surface area contributed by atoms with Gasteiger partial charge in [-0.1, -0.05) is 50.3 Å². The summed E-state index contributed by atoms with van der Waals surface area (Å²) in [6, 6.07) is 16.0. The number of aliphatic carboxylic acids is 1. The molecule has 5 aromatic rings. The average Bonchev–Trinajstić information content (AvgIpc) is 3.68. The third-order valence-electron chi connectivity index (χ3n) is 9.59. The third-order valence-corrected chi connectivity index (χ3v) is 9.59. The lowest BCUT2D eigenvalue weighted by Crippen LogP contribution is -2.55. The molecular weight excluding hydrogens is 582 g/mol. The molecule has 0 bridgehead atoms. The number of benzene rings is 2. The zero-order chi connectivity index (χ0) is 31.8. The van der Waals surface area contributed by atoms with Gasteiger partial charge in [-0.05, 0) is 85.2 Å². The van der Waals surface area contributed by atoms with Gasteiger partial charge >= 0.3 is 11.7 Å². The zero-order valence-corrected chi connectivity index (χ0v) is 25.3. The van der Waals surface area contributed by atoms with E-state index in [1.54, 1.807) is 47.0 Å². The van der Waals surface area contributed by atoms with E-state index in [1.165, 1.54) is 12.5 Å². The lowest BCUT2D eigenvalue weighted by atomic mass is 9.83. The predicted molar refractivity (Wildman–Crippen MR) is 177 cm³/mol. The van der Waals surface area contributed by atoms with Crippen LogP contribution in [0, 0.1) is 0 Å². The normalized spacial score (nSPS) is 16.8. The zero-order valence-electron chi connectivity index (χ0n) is 25.3. The fraction of sp³-hybridized carbons (Fsp3) is 0.306. The Hall–Kier alpha value is -5.25. The van der Waals surface area contributed by atoms with Crippen molar-refractivity contribution in [1.82, 2.24) is 19.7 Å². The highest BCUT2D eigenvalue weighted by atomic mass is 16.4. The Bertz CT molecular complexity index is 2080. The largest absolute Gasteiger partial charge is 0.478 e. The molecule has 10 heteroatoms. The fourth-order valence-electron chi connectivity index (χ4n) is 7.34. The lowest BCUT2D eigenvalue weighted by Gasteiger charge is -2.29. The summed E-state index contributed by atoms with van der Waals surface area (Å²) in [6.45, 7) is 0. The highest BCUT2D eigenvalue weighted by Gasteiger charge is 2.42. The van der Waals surface area contributed by atoms with Crippen LogP contribution in [0.4, 0.5) is 5.69 Å². The minimum Gasteiger partial charge on any atom is -0.478 e. The van der Waals surface area contributed by atoms with Crippen molar-refractivity contribution in [1.29, 1.82) is 0 Å². The topological polar surface area (TPSA) is 146 Å². The molecule has 2 amide bonds. The van der Waals surface area contributed by atoms with Crippen LogP contribution in [0.2, 0.25) is 0 Å². The second kappa shape index (κ2) is 11.9. The number of fused-ring (bicyclic) bond motifs is 5. The summed E-state index contributed by atoms with van der Waals surface area (Å²) in [5.41, 5.74) is 4.23. The van der Waals surface area contributed by atoms with Crippen LogP contribution in [0.15, 0.2) is 71.7 Å². The van der Waals surface area contributed by atoms with Crippen LogP contribution >= 0.6 is 0 Å². The standard InChI is InChI=1S/C36H35N5O5/c42-29(43)17-12-22-10-14-25(15-11-22)38-34(45)36(18-4-5-19-36)40-33(44)24-13-16-26-28(21-24)41-32(30(26)23-7-2-1-3-8-23)31-27(39-35(41)46)9-6-20-37-31/h6,9-17,20-21,23H,1-5,7-8,18-19H2,(H,38,45)(H,39,46)(H,40,44)(H,42,43). The van der Waals surface area contributed by atoms with Crippen molar-refractivity contribution in [3.8, 4) is 0 Å². The summed E-state index contributed by atoms with van der Waals surface area (Å²) < 4.78 is 1.67. The number of H-pyrrole nitrogens is 1. The molecule has 46 heavy (non-hydrogen) atoms. The summed E-state index contributed by atoms with van der Waals surface area (Å²) in [6.07, 6.45) is 12.4. The Morgan fingerprint density at radius 3 is 2.48 bits per heavy atom. The second-order valence-corrected chi connectivity index (χ2v) is 12.5. The van der Waals surface area contributed by atoms with E-state index in [0.717, 1.165) is 66.6 Å². The highest BCUT2D eigenvalue weighted by molar-refractivity contribution is 6.07. The monoisotopic (exact) mass is 617 g/mol. The molecule has 0 saturated heterocycles. The van der Waals surface area contributed by atoms with Crippen molar-refractivity contribution < 1.29 is 19.5 Å². The van der Waals surface area contributed by atoms with Crippen molar-refractivity contribution in [3.63, 3.8) is 0 Å². The maximum Gasteiger partial charge on any atom is 0.331 e. The molecule has 10 nitrogen and oxygen atoms in total. The third kappa shape index (κ3) is 5.33. The Morgan fingerprint density at radius 1 is 0.978 bits per heavy atom. The molecule has 0 unspecified atom stereocenters. The van der Waals surface area contributed by atoms with Gasteiger partial charge in [0.2, 0.25) is 5.91 Å². The molecule has 7 rings (SSSR count). The van der Waals surface area contributed by atoms with Crippen molar-refractivity contribution in [2.24, 2.45) is 0 Å². The number of aromatic amines is 1. The van der Waals surface area contributed by atoms with Crippen LogP contribution < -0.4 is 16.3 Å². The van der Waals surface area contributed by atoms with Crippen LogP contribution in [0.1, 0.15) is 85.2 Å². The predicted octanol–water partition coefficient (Wildman–Crippen LogP) is 6.16. The van der Waals surface area contributed by atoms with Gasteiger partial charge in [0.15, 0.2) is 0 Å². The number of amides is 2. The molecule has 0 spiro atoms. The SMILES string of the molecule is O=C(O)C=Cc1ccc(NC(=O)C2(NC(=O)c3ccc4c(C5CCCCC5)c5c6ncccc6[nH]c(=O)n5c4c3)CCCC2)cc1. The smallest absolute Gasteiger partial charge is 0.331 e. The van der Waals surface area contributed by atoms with Crippen LogP contribution in [0.5, 0.6) is 0 Å². The molecule has 0 atom stereocenters. The molecule has 0 aliphatic heterocycles. The van der Waals surface area contributed by atoms with Crippen molar-refractivity contribution >= 4 is 57.0 Å². The van der Waals surface area contributed by atoms with E-state index in [9.17, 15) is 19.2 Å². The Morgan fingerprint density at radius 2 is 1.74 bits per heavy atom. The molecule has 2 saturated carbocycles. The molecule has 0 radical (unpaired) electrons. The van der Waals surface area contributed by atoms with Gasteiger partial charge in [0.25, 0.3) is 5.91 Å². The molecule has 3 heterocycles.